The first-order valence-corrected chi connectivity index (χ1v) is 10.5. The van der Waals surface area contributed by atoms with Gasteiger partial charge in [0.25, 0.3) is 5.91 Å². The minimum atomic E-state index is -0.294. The summed E-state index contributed by atoms with van der Waals surface area (Å²) in [6, 6.07) is 24.6. The maximum atomic E-state index is 12.3. The molecule has 1 N–H and O–H groups in total. The van der Waals surface area contributed by atoms with Gasteiger partial charge in [0.15, 0.2) is 6.61 Å². The van der Waals surface area contributed by atoms with Gasteiger partial charge < -0.3 is 4.74 Å². The van der Waals surface area contributed by atoms with Gasteiger partial charge in [-0.15, -0.1) is 0 Å². The van der Waals surface area contributed by atoms with Crippen molar-refractivity contribution in [2.45, 2.75) is 26.7 Å². The second kappa shape index (κ2) is 9.00. The Labute approximate surface area is 182 Å². The van der Waals surface area contributed by atoms with Gasteiger partial charge in [-0.3, -0.25) is 4.79 Å². The van der Waals surface area contributed by atoms with Crippen LogP contribution in [0.2, 0.25) is 0 Å². The number of amides is 1. The molecule has 0 spiro atoms. The molecule has 0 fully saturated rings. The lowest BCUT2D eigenvalue weighted by molar-refractivity contribution is -0.123. The number of nitrogens with one attached hydrogen (secondary N) is 1. The van der Waals surface area contributed by atoms with Crippen molar-refractivity contribution in [3.8, 4) is 5.75 Å². The maximum absolute atomic E-state index is 12.3. The van der Waals surface area contributed by atoms with Gasteiger partial charge in [-0.1, -0.05) is 74.5 Å². The van der Waals surface area contributed by atoms with E-state index in [4.69, 9.17) is 4.74 Å². The standard InChI is InChI=1S/C27H26N2O2/c1-18(2)22-13-12-19(3)14-26(22)31-17-27(30)29-28-16-25-23-10-6-4-8-20(23)15-21-9-5-7-11-24(21)25/h4-16,18H,17H2,1-3H3,(H,29,30). The molecule has 0 atom stereocenters. The summed E-state index contributed by atoms with van der Waals surface area (Å²) in [6.07, 6.45) is 1.72. The Morgan fingerprint density at radius 2 is 1.61 bits per heavy atom. The van der Waals surface area contributed by atoms with Gasteiger partial charge >= 0.3 is 0 Å². The van der Waals surface area contributed by atoms with Crippen LogP contribution in [-0.2, 0) is 4.79 Å². The molecule has 4 nitrogen and oxygen atoms in total. The molecular formula is C27H26N2O2. The lowest BCUT2D eigenvalue weighted by Crippen LogP contribution is -2.25. The van der Waals surface area contributed by atoms with E-state index in [1.165, 1.54) is 0 Å². The molecule has 1 amide bonds. The highest BCUT2D eigenvalue weighted by Gasteiger charge is 2.10. The third-order valence-electron chi connectivity index (χ3n) is 5.35. The van der Waals surface area contributed by atoms with Crippen LogP contribution in [0.15, 0.2) is 77.9 Å². The zero-order chi connectivity index (χ0) is 21.8. The highest BCUT2D eigenvalue weighted by molar-refractivity contribution is 6.13. The molecule has 0 aliphatic heterocycles. The highest BCUT2D eigenvalue weighted by atomic mass is 16.5. The number of aryl methyl sites for hydroxylation is 1. The summed E-state index contributed by atoms with van der Waals surface area (Å²) in [5.41, 5.74) is 5.77. The first-order chi connectivity index (χ1) is 15.0. The van der Waals surface area contributed by atoms with Crippen molar-refractivity contribution < 1.29 is 9.53 Å². The van der Waals surface area contributed by atoms with Crippen LogP contribution >= 0.6 is 0 Å². The molecule has 0 radical (unpaired) electrons. The maximum Gasteiger partial charge on any atom is 0.277 e. The molecule has 0 bridgehead atoms. The van der Waals surface area contributed by atoms with Crippen molar-refractivity contribution in [2.75, 3.05) is 6.61 Å². The smallest absolute Gasteiger partial charge is 0.277 e. The van der Waals surface area contributed by atoms with Gasteiger partial charge in [-0.2, -0.15) is 5.10 Å². The third kappa shape index (κ3) is 4.58. The number of fused-ring (bicyclic) bond motifs is 2. The van der Waals surface area contributed by atoms with E-state index in [-0.39, 0.29) is 12.5 Å². The summed E-state index contributed by atoms with van der Waals surface area (Å²) in [4.78, 5) is 12.3. The molecule has 4 heteroatoms. The molecule has 0 saturated carbocycles. The SMILES string of the molecule is Cc1ccc(C(C)C)c(OCC(=O)NN=Cc2c3ccccc3cc3ccccc23)c1. The Morgan fingerprint density at radius 3 is 2.26 bits per heavy atom. The van der Waals surface area contributed by atoms with Crippen LogP contribution in [0.4, 0.5) is 0 Å². The zero-order valence-corrected chi connectivity index (χ0v) is 18.1. The molecular weight excluding hydrogens is 384 g/mol. The molecule has 0 heterocycles. The molecule has 31 heavy (non-hydrogen) atoms. The third-order valence-corrected chi connectivity index (χ3v) is 5.35. The molecule has 4 aromatic rings. The molecule has 0 aliphatic carbocycles. The van der Waals surface area contributed by atoms with E-state index in [1.54, 1.807) is 6.21 Å². The minimum Gasteiger partial charge on any atom is -0.483 e. The predicted molar refractivity (Wildman–Crippen MR) is 128 cm³/mol. The molecule has 0 saturated heterocycles. The Hall–Kier alpha value is -3.66. The first kappa shape index (κ1) is 20.6. The van der Waals surface area contributed by atoms with Crippen molar-refractivity contribution >= 4 is 33.7 Å². The van der Waals surface area contributed by atoms with Crippen LogP contribution in [0.25, 0.3) is 21.5 Å². The molecule has 4 aromatic carbocycles. The van der Waals surface area contributed by atoms with Gasteiger partial charge in [0.2, 0.25) is 0 Å². The first-order valence-electron chi connectivity index (χ1n) is 10.5. The average molecular weight is 411 g/mol. The van der Waals surface area contributed by atoms with Crippen LogP contribution < -0.4 is 10.2 Å². The van der Waals surface area contributed by atoms with Crippen LogP contribution in [0, 0.1) is 6.92 Å². The fourth-order valence-corrected chi connectivity index (χ4v) is 3.78. The van der Waals surface area contributed by atoms with Crippen LogP contribution in [-0.4, -0.2) is 18.7 Å². The van der Waals surface area contributed by atoms with Crippen molar-refractivity contribution in [3.05, 3.63) is 89.5 Å². The molecule has 156 valence electrons. The van der Waals surface area contributed by atoms with E-state index >= 15 is 0 Å². The number of ether oxygens (including phenoxy) is 1. The van der Waals surface area contributed by atoms with E-state index in [0.717, 1.165) is 44.0 Å². The van der Waals surface area contributed by atoms with Gasteiger partial charge in [-0.25, -0.2) is 5.43 Å². The average Bonchev–Trinajstić information content (AvgIpc) is 2.77. The number of hydrazone groups is 1. The molecule has 4 rings (SSSR count). The van der Waals surface area contributed by atoms with E-state index < -0.39 is 0 Å². The number of hydrogen-bond acceptors (Lipinski definition) is 3. The molecule has 0 unspecified atom stereocenters. The van der Waals surface area contributed by atoms with Crippen molar-refractivity contribution in [1.29, 1.82) is 0 Å². The number of benzene rings is 4. The highest BCUT2D eigenvalue weighted by Crippen LogP contribution is 2.28. The Balaban J connectivity index is 1.51. The van der Waals surface area contributed by atoms with Crippen LogP contribution in [0.1, 0.15) is 36.5 Å². The summed E-state index contributed by atoms with van der Waals surface area (Å²) >= 11 is 0. The minimum absolute atomic E-state index is 0.0865. The van der Waals surface area contributed by atoms with Gasteiger partial charge in [0.1, 0.15) is 5.75 Å². The second-order valence-electron chi connectivity index (χ2n) is 8.01. The second-order valence-corrected chi connectivity index (χ2v) is 8.01. The van der Waals surface area contributed by atoms with Gasteiger partial charge in [-0.05, 0) is 57.6 Å². The molecule has 0 aliphatic rings. The summed E-state index contributed by atoms with van der Waals surface area (Å²) in [5.74, 6) is 0.766. The van der Waals surface area contributed by atoms with Crippen molar-refractivity contribution in [2.24, 2.45) is 5.10 Å². The Kier molecular flexibility index (Phi) is 5.99. The number of rotatable bonds is 6. The lowest BCUT2D eigenvalue weighted by atomic mass is 9.97. The van der Waals surface area contributed by atoms with Crippen LogP contribution in [0.5, 0.6) is 5.75 Å². The van der Waals surface area contributed by atoms with Gasteiger partial charge in [0.05, 0.1) is 6.21 Å². The monoisotopic (exact) mass is 410 g/mol. The molecule has 0 aromatic heterocycles. The van der Waals surface area contributed by atoms with E-state index in [2.05, 4.69) is 66.8 Å². The summed E-state index contributed by atoms with van der Waals surface area (Å²) in [5, 5.41) is 8.69. The number of nitrogens with zero attached hydrogens (tertiary/aromatic N) is 1. The number of hydrogen-bond donors (Lipinski definition) is 1. The van der Waals surface area contributed by atoms with E-state index in [9.17, 15) is 4.79 Å². The lowest BCUT2D eigenvalue weighted by Gasteiger charge is -2.14. The fraction of sp³-hybridized carbons (Fsp3) is 0.185. The quantitative estimate of drug-likeness (QED) is 0.242. The van der Waals surface area contributed by atoms with Crippen molar-refractivity contribution in [3.63, 3.8) is 0 Å². The Morgan fingerprint density at radius 1 is 0.968 bits per heavy atom. The van der Waals surface area contributed by atoms with E-state index in [1.807, 2.05) is 37.3 Å². The predicted octanol–water partition coefficient (Wildman–Crippen LogP) is 5.95. The number of carbonyl (C=O) groups excluding carboxylic acids is 1. The summed E-state index contributed by atoms with van der Waals surface area (Å²) in [6.45, 7) is 6.14. The number of carbonyl (C=O) groups is 1. The normalized spacial score (nSPS) is 11.5. The topological polar surface area (TPSA) is 50.7 Å². The Bertz CT molecular complexity index is 1220. The fourth-order valence-electron chi connectivity index (χ4n) is 3.78. The summed E-state index contributed by atoms with van der Waals surface area (Å²) in [7, 11) is 0. The van der Waals surface area contributed by atoms with Gasteiger partial charge in [0, 0.05) is 5.56 Å². The van der Waals surface area contributed by atoms with E-state index in [0.29, 0.717) is 5.92 Å². The largest absolute Gasteiger partial charge is 0.483 e. The summed E-state index contributed by atoms with van der Waals surface area (Å²) < 4.78 is 5.80. The van der Waals surface area contributed by atoms with Crippen LogP contribution in [0.3, 0.4) is 0 Å². The van der Waals surface area contributed by atoms with Crippen molar-refractivity contribution in [1.82, 2.24) is 5.43 Å². The zero-order valence-electron chi connectivity index (χ0n) is 18.1.